The van der Waals surface area contributed by atoms with Crippen molar-refractivity contribution in [3.05, 3.63) is 68.7 Å². The first-order valence-electron chi connectivity index (χ1n) is 5.56. The fourth-order valence-corrected chi connectivity index (χ4v) is 2.23. The number of ketones is 1. The summed E-state index contributed by atoms with van der Waals surface area (Å²) in [6, 6.07) is 10.5. The van der Waals surface area contributed by atoms with E-state index in [4.69, 9.17) is 23.2 Å². The molecule has 0 amide bonds. The third-order valence-corrected chi connectivity index (χ3v) is 3.46. The van der Waals surface area contributed by atoms with E-state index in [0.29, 0.717) is 21.2 Å². The number of carbonyl (C=O) groups excluding carboxylic acids is 1. The van der Waals surface area contributed by atoms with E-state index in [1.807, 2.05) is 26.0 Å². The molecule has 0 aliphatic heterocycles. The Labute approximate surface area is 116 Å². The Morgan fingerprint density at radius 1 is 1.00 bits per heavy atom. The van der Waals surface area contributed by atoms with E-state index < -0.39 is 0 Å². The first-order valence-corrected chi connectivity index (χ1v) is 6.31. The van der Waals surface area contributed by atoms with Crippen molar-refractivity contribution < 1.29 is 4.79 Å². The molecule has 2 aromatic rings. The highest BCUT2D eigenvalue weighted by molar-refractivity contribution is 6.35. The molecule has 0 bridgehead atoms. The molecule has 1 nitrogen and oxygen atoms in total. The molecule has 92 valence electrons. The van der Waals surface area contributed by atoms with Gasteiger partial charge in [-0.25, -0.2) is 0 Å². The average Bonchev–Trinajstić information content (AvgIpc) is 2.33. The van der Waals surface area contributed by atoms with Gasteiger partial charge < -0.3 is 0 Å². The molecule has 0 spiro atoms. The molecule has 0 aliphatic carbocycles. The number of aryl methyl sites for hydroxylation is 2. The Balaban J connectivity index is 2.49. The van der Waals surface area contributed by atoms with Gasteiger partial charge in [0.25, 0.3) is 0 Å². The molecule has 2 rings (SSSR count). The minimum absolute atomic E-state index is 0.106. The molecule has 0 radical (unpaired) electrons. The number of halogens is 2. The molecular formula is C15H12Cl2O. The van der Waals surface area contributed by atoms with Crippen LogP contribution in [0.15, 0.2) is 36.4 Å². The van der Waals surface area contributed by atoms with Crippen molar-refractivity contribution in [1.82, 2.24) is 0 Å². The van der Waals surface area contributed by atoms with Gasteiger partial charge >= 0.3 is 0 Å². The van der Waals surface area contributed by atoms with Gasteiger partial charge in [-0.05, 0) is 49.2 Å². The van der Waals surface area contributed by atoms with Gasteiger partial charge in [-0.2, -0.15) is 0 Å². The van der Waals surface area contributed by atoms with E-state index in [-0.39, 0.29) is 5.78 Å². The summed E-state index contributed by atoms with van der Waals surface area (Å²) in [5, 5.41) is 1.02. The summed E-state index contributed by atoms with van der Waals surface area (Å²) in [6.45, 7) is 3.93. The molecular weight excluding hydrogens is 267 g/mol. The minimum Gasteiger partial charge on any atom is -0.289 e. The maximum atomic E-state index is 12.3. The molecule has 3 heteroatoms. The second-order valence-electron chi connectivity index (χ2n) is 4.26. The zero-order valence-corrected chi connectivity index (χ0v) is 11.6. The molecule has 18 heavy (non-hydrogen) atoms. The Bertz CT molecular complexity index is 618. The number of rotatable bonds is 2. The fraction of sp³-hybridized carbons (Fsp3) is 0.133. The van der Waals surface area contributed by atoms with Crippen LogP contribution in [0.25, 0.3) is 0 Å². The SMILES string of the molecule is Cc1cc(Cl)c(C(=O)c2cccc(Cl)c2)cc1C. The average molecular weight is 279 g/mol. The van der Waals surface area contributed by atoms with Crippen molar-refractivity contribution in [1.29, 1.82) is 0 Å². The number of hydrogen-bond donors (Lipinski definition) is 0. The molecule has 0 N–H and O–H groups in total. The van der Waals surface area contributed by atoms with Crippen molar-refractivity contribution in [2.75, 3.05) is 0 Å². The molecule has 0 aromatic heterocycles. The van der Waals surface area contributed by atoms with Gasteiger partial charge in [0.05, 0.1) is 5.02 Å². The van der Waals surface area contributed by atoms with Crippen LogP contribution in [-0.4, -0.2) is 5.78 Å². The van der Waals surface area contributed by atoms with Crippen molar-refractivity contribution >= 4 is 29.0 Å². The standard InChI is InChI=1S/C15H12Cl2O/c1-9-6-13(14(17)7-10(9)2)15(18)11-4-3-5-12(16)8-11/h3-8H,1-2H3. The first-order chi connectivity index (χ1) is 8.49. The summed E-state index contributed by atoms with van der Waals surface area (Å²) in [5.74, 6) is -0.106. The second kappa shape index (κ2) is 5.13. The number of benzene rings is 2. The van der Waals surface area contributed by atoms with E-state index in [9.17, 15) is 4.79 Å². The molecule has 0 aliphatic rings. The normalized spacial score (nSPS) is 10.4. The molecule has 0 saturated heterocycles. The highest BCUT2D eigenvalue weighted by Gasteiger charge is 2.14. The van der Waals surface area contributed by atoms with E-state index in [2.05, 4.69) is 0 Å². The summed E-state index contributed by atoms with van der Waals surface area (Å²) in [4.78, 5) is 12.3. The van der Waals surface area contributed by atoms with Gasteiger partial charge in [0, 0.05) is 16.1 Å². The maximum Gasteiger partial charge on any atom is 0.194 e. The predicted octanol–water partition coefficient (Wildman–Crippen LogP) is 4.84. The lowest BCUT2D eigenvalue weighted by molar-refractivity contribution is 0.103. The third-order valence-electron chi connectivity index (χ3n) is 2.91. The highest BCUT2D eigenvalue weighted by Crippen LogP contribution is 2.24. The van der Waals surface area contributed by atoms with Crippen LogP contribution >= 0.6 is 23.2 Å². The quantitative estimate of drug-likeness (QED) is 0.719. The van der Waals surface area contributed by atoms with E-state index in [1.54, 1.807) is 24.3 Å². The maximum absolute atomic E-state index is 12.3. The summed E-state index contributed by atoms with van der Waals surface area (Å²) in [7, 11) is 0. The van der Waals surface area contributed by atoms with Crippen LogP contribution in [0.2, 0.25) is 10.0 Å². The van der Waals surface area contributed by atoms with Crippen LogP contribution in [0.1, 0.15) is 27.0 Å². The van der Waals surface area contributed by atoms with Gasteiger partial charge in [-0.15, -0.1) is 0 Å². The minimum atomic E-state index is -0.106. The molecule has 0 atom stereocenters. The van der Waals surface area contributed by atoms with Crippen LogP contribution in [0, 0.1) is 13.8 Å². The lowest BCUT2D eigenvalue weighted by atomic mass is 9.99. The predicted molar refractivity (Wildman–Crippen MR) is 75.8 cm³/mol. The Morgan fingerprint density at radius 3 is 2.33 bits per heavy atom. The Hall–Kier alpha value is -1.31. The Morgan fingerprint density at radius 2 is 1.67 bits per heavy atom. The van der Waals surface area contributed by atoms with Crippen molar-refractivity contribution in [2.24, 2.45) is 0 Å². The largest absolute Gasteiger partial charge is 0.289 e. The Kier molecular flexibility index (Phi) is 3.74. The van der Waals surface area contributed by atoms with Crippen LogP contribution in [0.5, 0.6) is 0 Å². The van der Waals surface area contributed by atoms with Gasteiger partial charge in [0.2, 0.25) is 0 Å². The van der Waals surface area contributed by atoms with Gasteiger partial charge in [-0.3, -0.25) is 4.79 Å². The first kappa shape index (κ1) is 13.1. The number of carbonyl (C=O) groups is 1. The van der Waals surface area contributed by atoms with Crippen molar-refractivity contribution in [3.63, 3.8) is 0 Å². The zero-order valence-electron chi connectivity index (χ0n) is 10.1. The monoisotopic (exact) mass is 278 g/mol. The molecule has 0 saturated carbocycles. The molecule has 0 heterocycles. The molecule has 0 unspecified atom stereocenters. The van der Waals surface area contributed by atoms with E-state index in [0.717, 1.165) is 11.1 Å². The summed E-state index contributed by atoms with van der Waals surface area (Å²) in [5.41, 5.74) is 3.18. The van der Waals surface area contributed by atoms with Gasteiger partial charge in [0.15, 0.2) is 5.78 Å². The van der Waals surface area contributed by atoms with E-state index in [1.165, 1.54) is 0 Å². The van der Waals surface area contributed by atoms with E-state index >= 15 is 0 Å². The van der Waals surface area contributed by atoms with Crippen LogP contribution in [0.3, 0.4) is 0 Å². The molecule has 0 fully saturated rings. The fourth-order valence-electron chi connectivity index (χ4n) is 1.74. The van der Waals surface area contributed by atoms with Crippen LogP contribution in [-0.2, 0) is 0 Å². The number of hydrogen-bond acceptors (Lipinski definition) is 1. The second-order valence-corrected chi connectivity index (χ2v) is 5.10. The lowest BCUT2D eigenvalue weighted by Gasteiger charge is -2.08. The lowest BCUT2D eigenvalue weighted by Crippen LogP contribution is -2.03. The zero-order chi connectivity index (χ0) is 13.3. The highest BCUT2D eigenvalue weighted by atomic mass is 35.5. The van der Waals surface area contributed by atoms with Gasteiger partial charge in [0.1, 0.15) is 0 Å². The van der Waals surface area contributed by atoms with Crippen LogP contribution < -0.4 is 0 Å². The summed E-state index contributed by atoms with van der Waals surface area (Å²) in [6.07, 6.45) is 0. The van der Waals surface area contributed by atoms with Crippen molar-refractivity contribution in [3.8, 4) is 0 Å². The smallest absolute Gasteiger partial charge is 0.194 e. The molecule has 2 aromatic carbocycles. The summed E-state index contributed by atoms with van der Waals surface area (Å²) >= 11 is 12.0. The summed E-state index contributed by atoms with van der Waals surface area (Å²) < 4.78 is 0. The van der Waals surface area contributed by atoms with Crippen molar-refractivity contribution in [2.45, 2.75) is 13.8 Å². The third kappa shape index (κ3) is 2.58. The van der Waals surface area contributed by atoms with Crippen LogP contribution in [0.4, 0.5) is 0 Å². The topological polar surface area (TPSA) is 17.1 Å². The van der Waals surface area contributed by atoms with Gasteiger partial charge in [-0.1, -0.05) is 35.3 Å².